The molecule has 0 amide bonds. The van der Waals surface area contributed by atoms with Crippen LogP contribution < -0.4 is 15.4 Å². The number of ether oxygens (including phenoxy) is 1. The third-order valence-corrected chi connectivity index (χ3v) is 4.23. The van der Waals surface area contributed by atoms with E-state index in [1.54, 1.807) is 13.3 Å². The number of hydrogen-bond donors (Lipinski definition) is 2. The third kappa shape index (κ3) is 5.95. The summed E-state index contributed by atoms with van der Waals surface area (Å²) >= 11 is 0. The summed E-state index contributed by atoms with van der Waals surface area (Å²) < 4.78 is 11.4. The smallest absolute Gasteiger partial charge is 0.191 e. The molecule has 1 aromatic carbocycles. The molecule has 6 heteroatoms. The van der Waals surface area contributed by atoms with Crippen molar-refractivity contribution in [3.05, 3.63) is 54.0 Å². The topological polar surface area (TPSA) is 58.8 Å². The molecule has 0 spiro atoms. The molecule has 5 nitrogen and oxygen atoms in total. The van der Waals surface area contributed by atoms with Crippen LogP contribution in [0.3, 0.4) is 0 Å². The fourth-order valence-corrected chi connectivity index (χ4v) is 2.59. The van der Waals surface area contributed by atoms with E-state index in [2.05, 4.69) is 21.7 Å². The third-order valence-electron chi connectivity index (χ3n) is 4.23. The molecule has 136 valence electrons. The molecule has 2 N–H and O–H groups in total. The quantitative estimate of drug-likeness (QED) is 0.380. The number of guanidine groups is 1. The molecule has 1 heterocycles. The molecule has 1 saturated carbocycles. The molecule has 1 fully saturated rings. The first-order chi connectivity index (χ1) is 11.8. The molecule has 1 aliphatic carbocycles. The van der Waals surface area contributed by atoms with Gasteiger partial charge in [0.25, 0.3) is 0 Å². The molecule has 0 bridgehead atoms. The standard InChI is InChI=1S/C19H25N3O2.HI/c1-20-19(21-12-11-16-9-5-13-23-16)22-14-15-6-2-3-10-18(15)24-17-7-4-8-17;/h2-3,5-6,9-10,13,17H,4,7-8,11-12,14H2,1H3,(H2,20,21,22);1H. The predicted octanol–water partition coefficient (Wildman–Crippen LogP) is 3.74. The van der Waals surface area contributed by atoms with Gasteiger partial charge in [-0.1, -0.05) is 18.2 Å². The van der Waals surface area contributed by atoms with E-state index in [1.807, 2.05) is 30.3 Å². The Morgan fingerprint density at radius 2 is 2.04 bits per heavy atom. The minimum atomic E-state index is 0. The normalized spacial score (nSPS) is 14.4. The van der Waals surface area contributed by atoms with Gasteiger partial charge in [0.1, 0.15) is 11.5 Å². The Kier molecular flexibility index (Phi) is 8.11. The fourth-order valence-electron chi connectivity index (χ4n) is 2.59. The molecule has 2 aromatic rings. The Hall–Kier alpha value is -1.70. The lowest BCUT2D eigenvalue weighted by atomic mass is 9.96. The van der Waals surface area contributed by atoms with E-state index in [-0.39, 0.29) is 24.0 Å². The number of aliphatic imine (C=N–C) groups is 1. The first kappa shape index (κ1) is 19.6. The Morgan fingerprint density at radius 3 is 2.72 bits per heavy atom. The maximum atomic E-state index is 6.06. The number of nitrogens with one attached hydrogen (secondary N) is 2. The van der Waals surface area contributed by atoms with Crippen molar-refractivity contribution >= 4 is 29.9 Å². The van der Waals surface area contributed by atoms with Crippen LogP contribution in [0.2, 0.25) is 0 Å². The van der Waals surface area contributed by atoms with Gasteiger partial charge in [-0.3, -0.25) is 4.99 Å². The number of hydrogen-bond acceptors (Lipinski definition) is 3. The molecule has 1 aliphatic rings. The van der Waals surface area contributed by atoms with E-state index in [4.69, 9.17) is 9.15 Å². The van der Waals surface area contributed by atoms with Crippen molar-refractivity contribution in [1.82, 2.24) is 10.6 Å². The van der Waals surface area contributed by atoms with Crippen LogP contribution in [0, 0.1) is 0 Å². The van der Waals surface area contributed by atoms with Crippen LogP contribution in [0.15, 0.2) is 52.1 Å². The Morgan fingerprint density at radius 1 is 1.20 bits per heavy atom. The van der Waals surface area contributed by atoms with Gasteiger partial charge in [0.05, 0.1) is 12.4 Å². The summed E-state index contributed by atoms with van der Waals surface area (Å²) in [5.41, 5.74) is 1.15. The number of furan rings is 1. The highest BCUT2D eigenvalue weighted by Crippen LogP contribution is 2.27. The van der Waals surface area contributed by atoms with Gasteiger partial charge in [-0.15, -0.1) is 24.0 Å². The van der Waals surface area contributed by atoms with Crippen LogP contribution in [-0.2, 0) is 13.0 Å². The molecule has 25 heavy (non-hydrogen) atoms. The molecule has 3 rings (SSSR count). The SMILES string of the molecule is CN=C(NCCc1ccco1)NCc1ccccc1OC1CCC1.I. The zero-order valence-corrected chi connectivity index (χ0v) is 16.9. The Balaban J connectivity index is 0.00000225. The van der Waals surface area contributed by atoms with Gasteiger partial charge in [0.15, 0.2) is 5.96 Å². The summed E-state index contributed by atoms with van der Waals surface area (Å²) in [5, 5.41) is 6.64. The zero-order valence-electron chi connectivity index (χ0n) is 14.5. The number of halogens is 1. The number of rotatable bonds is 7. The van der Waals surface area contributed by atoms with Crippen LogP contribution >= 0.6 is 24.0 Å². The Bertz CT molecular complexity index is 654. The average Bonchev–Trinajstić information content (AvgIpc) is 3.08. The van der Waals surface area contributed by atoms with Crippen molar-refractivity contribution in [3.8, 4) is 5.75 Å². The number of para-hydroxylation sites is 1. The lowest BCUT2D eigenvalue weighted by molar-refractivity contribution is 0.119. The number of nitrogens with zero attached hydrogens (tertiary/aromatic N) is 1. The highest BCUT2D eigenvalue weighted by atomic mass is 127. The molecule has 0 unspecified atom stereocenters. The molecular weight excluding hydrogens is 429 g/mol. The van der Waals surface area contributed by atoms with Gasteiger partial charge in [-0.05, 0) is 37.5 Å². The van der Waals surface area contributed by atoms with Crippen molar-refractivity contribution < 1.29 is 9.15 Å². The van der Waals surface area contributed by atoms with Gasteiger partial charge in [-0.2, -0.15) is 0 Å². The van der Waals surface area contributed by atoms with Gasteiger partial charge in [0, 0.05) is 32.1 Å². The maximum absolute atomic E-state index is 6.06. The Labute approximate surface area is 166 Å². The molecule has 0 aliphatic heterocycles. The van der Waals surface area contributed by atoms with Crippen LogP contribution in [-0.4, -0.2) is 25.7 Å². The van der Waals surface area contributed by atoms with Crippen molar-refractivity contribution in [2.75, 3.05) is 13.6 Å². The molecule has 0 atom stereocenters. The molecule has 0 saturated heterocycles. The van der Waals surface area contributed by atoms with Gasteiger partial charge < -0.3 is 19.8 Å². The fraction of sp³-hybridized carbons (Fsp3) is 0.421. The summed E-state index contributed by atoms with van der Waals surface area (Å²) in [7, 11) is 1.78. The monoisotopic (exact) mass is 455 g/mol. The second kappa shape index (κ2) is 10.3. The summed E-state index contributed by atoms with van der Waals surface area (Å²) in [4.78, 5) is 4.26. The van der Waals surface area contributed by atoms with Crippen molar-refractivity contribution in [2.24, 2.45) is 4.99 Å². The van der Waals surface area contributed by atoms with E-state index < -0.39 is 0 Å². The summed E-state index contributed by atoms with van der Waals surface area (Å²) in [6, 6.07) is 12.1. The predicted molar refractivity (Wildman–Crippen MR) is 111 cm³/mol. The highest BCUT2D eigenvalue weighted by Gasteiger charge is 2.20. The number of benzene rings is 1. The van der Waals surface area contributed by atoms with Gasteiger partial charge in [0.2, 0.25) is 0 Å². The maximum Gasteiger partial charge on any atom is 0.191 e. The second-order valence-corrected chi connectivity index (χ2v) is 5.96. The van der Waals surface area contributed by atoms with E-state index in [0.717, 1.165) is 48.8 Å². The van der Waals surface area contributed by atoms with Crippen molar-refractivity contribution in [2.45, 2.75) is 38.3 Å². The first-order valence-electron chi connectivity index (χ1n) is 8.56. The van der Waals surface area contributed by atoms with Crippen LogP contribution in [0.25, 0.3) is 0 Å². The van der Waals surface area contributed by atoms with Crippen LogP contribution in [0.4, 0.5) is 0 Å². The van der Waals surface area contributed by atoms with Crippen molar-refractivity contribution in [3.63, 3.8) is 0 Å². The average molecular weight is 455 g/mol. The highest BCUT2D eigenvalue weighted by molar-refractivity contribution is 14.0. The van der Waals surface area contributed by atoms with Crippen LogP contribution in [0.1, 0.15) is 30.6 Å². The second-order valence-electron chi connectivity index (χ2n) is 5.96. The van der Waals surface area contributed by atoms with Crippen LogP contribution in [0.5, 0.6) is 5.75 Å². The zero-order chi connectivity index (χ0) is 16.6. The van der Waals surface area contributed by atoms with E-state index >= 15 is 0 Å². The first-order valence-corrected chi connectivity index (χ1v) is 8.56. The lowest BCUT2D eigenvalue weighted by Crippen LogP contribution is -2.38. The van der Waals surface area contributed by atoms with Gasteiger partial charge in [-0.25, -0.2) is 0 Å². The van der Waals surface area contributed by atoms with Gasteiger partial charge >= 0.3 is 0 Å². The lowest BCUT2D eigenvalue weighted by Gasteiger charge is -2.27. The van der Waals surface area contributed by atoms with E-state index in [0.29, 0.717) is 12.6 Å². The molecular formula is C19H26IN3O2. The molecule has 0 radical (unpaired) electrons. The summed E-state index contributed by atoms with van der Waals surface area (Å²) in [5.74, 6) is 2.72. The minimum absolute atomic E-state index is 0. The van der Waals surface area contributed by atoms with E-state index in [1.165, 1.54) is 6.42 Å². The largest absolute Gasteiger partial charge is 0.490 e. The minimum Gasteiger partial charge on any atom is -0.490 e. The van der Waals surface area contributed by atoms with E-state index in [9.17, 15) is 0 Å². The summed E-state index contributed by atoms with van der Waals surface area (Å²) in [6.45, 7) is 1.46. The molecule has 1 aromatic heterocycles. The summed E-state index contributed by atoms with van der Waals surface area (Å²) in [6.07, 6.45) is 6.51. The van der Waals surface area contributed by atoms with Crippen molar-refractivity contribution in [1.29, 1.82) is 0 Å².